The third kappa shape index (κ3) is 8.16. The summed E-state index contributed by atoms with van der Waals surface area (Å²) in [6, 6.07) is 0. The Hall–Kier alpha value is -1.81. The Morgan fingerprint density at radius 2 is 2.04 bits per heavy atom. The molecule has 130 valence electrons. The molecule has 1 aliphatic rings. The summed E-state index contributed by atoms with van der Waals surface area (Å²) in [6.07, 6.45) is 23.0. The largest absolute Gasteiger partial charge is 0.270 e. The van der Waals surface area contributed by atoms with Gasteiger partial charge in [0.25, 0.3) is 0 Å². The van der Waals surface area contributed by atoms with Crippen LogP contribution in [-0.2, 0) is 0 Å². The number of hydrogen-bond acceptors (Lipinski definition) is 1. The highest BCUT2D eigenvalue weighted by Gasteiger charge is 2.14. The third-order valence-corrected chi connectivity index (χ3v) is 4.30. The average Bonchev–Trinajstić information content (AvgIpc) is 2.61. The lowest BCUT2D eigenvalue weighted by atomic mass is 9.85. The van der Waals surface area contributed by atoms with E-state index in [9.17, 15) is 0 Å². The SMILES string of the molecule is CC=N/C=C\C(C)C#CC(/C=C/C1=CCCC=C1)C(CC)CCC. The van der Waals surface area contributed by atoms with Crippen molar-refractivity contribution in [2.24, 2.45) is 22.7 Å². The molecule has 0 bridgehead atoms. The predicted molar refractivity (Wildman–Crippen MR) is 108 cm³/mol. The molecule has 0 aromatic rings. The van der Waals surface area contributed by atoms with Gasteiger partial charge in [0.05, 0.1) is 0 Å². The Morgan fingerprint density at radius 3 is 2.67 bits per heavy atom. The first-order chi connectivity index (χ1) is 11.7. The summed E-state index contributed by atoms with van der Waals surface area (Å²) < 4.78 is 0. The van der Waals surface area contributed by atoms with Crippen LogP contribution in [0.3, 0.4) is 0 Å². The Balaban J connectivity index is 2.86. The molecule has 0 fully saturated rings. The van der Waals surface area contributed by atoms with Gasteiger partial charge in [0.2, 0.25) is 0 Å². The summed E-state index contributed by atoms with van der Waals surface area (Å²) >= 11 is 0. The maximum atomic E-state index is 4.11. The van der Waals surface area contributed by atoms with E-state index in [1.165, 1.54) is 24.8 Å². The molecule has 0 amide bonds. The second-order valence-corrected chi connectivity index (χ2v) is 6.35. The van der Waals surface area contributed by atoms with Crippen molar-refractivity contribution in [3.8, 4) is 11.8 Å². The molecular formula is C23H33N. The molecule has 1 aliphatic carbocycles. The first-order valence-electron chi connectivity index (χ1n) is 9.41. The zero-order valence-electron chi connectivity index (χ0n) is 15.8. The van der Waals surface area contributed by atoms with Gasteiger partial charge in [-0.25, -0.2) is 0 Å². The molecule has 0 heterocycles. The van der Waals surface area contributed by atoms with Crippen molar-refractivity contribution in [2.45, 2.75) is 59.8 Å². The number of aliphatic imine (C=N–C) groups is 1. The molecule has 1 heteroatoms. The molecule has 0 saturated carbocycles. The minimum Gasteiger partial charge on any atom is -0.270 e. The van der Waals surface area contributed by atoms with Gasteiger partial charge in [-0.2, -0.15) is 0 Å². The van der Waals surface area contributed by atoms with Gasteiger partial charge < -0.3 is 0 Å². The van der Waals surface area contributed by atoms with E-state index < -0.39 is 0 Å². The van der Waals surface area contributed by atoms with Crippen LogP contribution in [0.2, 0.25) is 0 Å². The summed E-state index contributed by atoms with van der Waals surface area (Å²) in [5, 5.41) is 0. The van der Waals surface area contributed by atoms with Crippen molar-refractivity contribution in [3.05, 3.63) is 48.2 Å². The van der Waals surface area contributed by atoms with Gasteiger partial charge in [-0.15, -0.1) is 0 Å². The van der Waals surface area contributed by atoms with Gasteiger partial charge in [-0.05, 0) is 44.6 Å². The number of rotatable bonds is 8. The Kier molecular flexibility index (Phi) is 10.6. The van der Waals surface area contributed by atoms with E-state index in [1.807, 2.05) is 13.1 Å². The van der Waals surface area contributed by atoms with Crippen molar-refractivity contribution in [2.75, 3.05) is 0 Å². The quantitative estimate of drug-likeness (QED) is 0.357. The van der Waals surface area contributed by atoms with E-state index in [0.29, 0.717) is 11.8 Å². The van der Waals surface area contributed by atoms with Crippen LogP contribution in [0, 0.1) is 29.6 Å². The zero-order valence-corrected chi connectivity index (χ0v) is 15.8. The van der Waals surface area contributed by atoms with Crippen molar-refractivity contribution >= 4 is 6.21 Å². The molecule has 0 N–H and O–H groups in total. The van der Waals surface area contributed by atoms with Crippen LogP contribution in [0.25, 0.3) is 0 Å². The smallest absolute Gasteiger partial charge is 0.0414 e. The first-order valence-corrected chi connectivity index (χ1v) is 9.41. The van der Waals surface area contributed by atoms with Crippen molar-refractivity contribution in [1.29, 1.82) is 0 Å². The standard InChI is InChI=1S/C23H33N/c1-5-11-22(6-2)23(16-14-20(4)18-19-24-7-3)17-15-21-12-9-8-10-13-21/h7,9,12-13,15,17-20,22-23H,5-6,8,10-11H2,1-4H3/b17-15+,19-18-,24-7?. The lowest BCUT2D eigenvalue weighted by Crippen LogP contribution is -2.10. The summed E-state index contributed by atoms with van der Waals surface area (Å²) in [6.45, 7) is 8.59. The van der Waals surface area contributed by atoms with Crippen LogP contribution in [-0.4, -0.2) is 6.21 Å². The lowest BCUT2D eigenvalue weighted by Gasteiger charge is -2.18. The fourth-order valence-electron chi connectivity index (χ4n) is 2.84. The molecule has 0 saturated heterocycles. The molecule has 0 aromatic carbocycles. The molecule has 0 spiro atoms. The summed E-state index contributed by atoms with van der Waals surface area (Å²) in [5.41, 5.74) is 1.32. The fourth-order valence-corrected chi connectivity index (χ4v) is 2.84. The molecule has 1 nitrogen and oxygen atoms in total. The monoisotopic (exact) mass is 323 g/mol. The summed E-state index contributed by atoms with van der Waals surface area (Å²) in [5.74, 6) is 8.13. The van der Waals surface area contributed by atoms with Crippen molar-refractivity contribution in [1.82, 2.24) is 0 Å². The Labute approximate surface area is 149 Å². The van der Waals surface area contributed by atoms with Crippen molar-refractivity contribution in [3.63, 3.8) is 0 Å². The Bertz CT molecular complexity index is 548. The fraction of sp³-hybridized carbons (Fsp3) is 0.522. The highest BCUT2D eigenvalue weighted by Crippen LogP contribution is 2.23. The van der Waals surface area contributed by atoms with Gasteiger partial charge >= 0.3 is 0 Å². The lowest BCUT2D eigenvalue weighted by molar-refractivity contribution is 0.412. The topological polar surface area (TPSA) is 12.4 Å². The van der Waals surface area contributed by atoms with Gasteiger partial charge in [-0.3, -0.25) is 4.99 Å². The number of allylic oxidation sites excluding steroid dienone is 7. The van der Waals surface area contributed by atoms with Crippen LogP contribution < -0.4 is 0 Å². The highest BCUT2D eigenvalue weighted by atomic mass is 14.6. The molecule has 24 heavy (non-hydrogen) atoms. The van der Waals surface area contributed by atoms with Crippen LogP contribution in [0.5, 0.6) is 0 Å². The highest BCUT2D eigenvalue weighted by molar-refractivity contribution is 5.54. The third-order valence-electron chi connectivity index (χ3n) is 4.30. The Morgan fingerprint density at radius 1 is 1.21 bits per heavy atom. The van der Waals surface area contributed by atoms with Crippen molar-refractivity contribution < 1.29 is 0 Å². The van der Waals surface area contributed by atoms with E-state index in [-0.39, 0.29) is 5.92 Å². The van der Waals surface area contributed by atoms with Crippen LogP contribution in [0.15, 0.2) is 53.2 Å². The van der Waals surface area contributed by atoms with E-state index in [2.05, 4.69) is 74.1 Å². The van der Waals surface area contributed by atoms with E-state index >= 15 is 0 Å². The zero-order chi connectivity index (χ0) is 17.6. The van der Waals surface area contributed by atoms with Gasteiger partial charge in [0, 0.05) is 24.3 Å². The van der Waals surface area contributed by atoms with E-state index in [4.69, 9.17) is 0 Å². The maximum Gasteiger partial charge on any atom is 0.0414 e. The number of hydrogen-bond donors (Lipinski definition) is 0. The van der Waals surface area contributed by atoms with E-state index in [0.717, 1.165) is 12.8 Å². The van der Waals surface area contributed by atoms with Crippen LogP contribution in [0.1, 0.15) is 59.8 Å². The minimum atomic E-state index is 0.234. The maximum absolute atomic E-state index is 4.11. The molecule has 1 rings (SSSR count). The first kappa shape index (κ1) is 20.2. The molecule has 0 aliphatic heterocycles. The average molecular weight is 324 g/mol. The molecular weight excluding hydrogens is 290 g/mol. The number of nitrogens with zero attached hydrogens (tertiary/aromatic N) is 1. The molecule has 3 atom stereocenters. The second kappa shape index (κ2) is 12.6. The second-order valence-electron chi connectivity index (χ2n) is 6.35. The summed E-state index contributed by atoms with van der Waals surface area (Å²) in [7, 11) is 0. The molecule has 0 aromatic heterocycles. The predicted octanol–water partition coefficient (Wildman–Crippen LogP) is 6.51. The normalized spacial score (nSPS) is 18.6. The molecule has 3 unspecified atom stereocenters. The minimum absolute atomic E-state index is 0.234. The van der Waals surface area contributed by atoms with Gasteiger partial charge in [0.1, 0.15) is 0 Å². The van der Waals surface area contributed by atoms with Crippen LogP contribution in [0.4, 0.5) is 0 Å². The summed E-state index contributed by atoms with van der Waals surface area (Å²) in [4.78, 5) is 4.11. The van der Waals surface area contributed by atoms with Gasteiger partial charge in [0.15, 0.2) is 0 Å². The molecule has 0 radical (unpaired) electrons. The van der Waals surface area contributed by atoms with E-state index in [1.54, 1.807) is 6.21 Å². The van der Waals surface area contributed by atoms with Crippen LogP contribution >= 0.6 is 0 Å². The van der Waals surface area contributed by atoms with Gasteiger partial charge in [-0.1, -0.05) is 75.0 Å².